The molecule has 0 fully saturated rings. The second-order valence-electron chi connectivity index (χ2n) is 3.53. The maximum Gasteiger partial charge on any atom is 0.354 e. The van der Waals surface area contributed by atoms with Crippen LogP contribution in [-0.4, -0.2) is 20.5 Å². The number of hydrogen-bond acceptors (Lipinski definition) is 3. The van der Waals surface area contributed by atoms with E-state index < -0.39 is 5.97 Å². The summed E-state index contributed by atoms with van der Waals surface area (Å²) < 4.78 is 1.65. The second kappa shape index (κ2) is 3.66. The molecule has 0 aliphatic carbocycles. The van der Waals surface area contributed by atoms with Crippen molar-refractivity contribution in [2.75, 3.05) is 0 Å². The van der Waals surface area contributed by atoms with E-state index in [1.165, 1.54) is 11.3 Å². The van der Waals surface area contributed by atoms with Gasteiger partial charge in [0.25, 0.3) is 0 Å². The zero-order valence-corrected chi connectivity index (χ0v) is 9.41. The quantitative estimate of drug-likeness (QED) is 0.871. The van der Waals surface area contributed by atoms with E-state index in [9.17, 15) is 9.90 Å². The van der Waals surface area contributed by atoms with Crippen molar-refractivity contribution in [3.63, 3.8) is 0 Å². The predicted molar refractivity (Wildman–Crippen MR) is 58.7 cm³/mol. The first-order chi connectivity index (χ1) is 7.15. The van der Waals surface area contributed by atoms with Crippen LogP contribution in [0.25, 0.3) is 4.83 Å². The Morgan fingerprint density at radius 2 is 2.47 bits per heavy atom. The van der Waals surface area contributed by atoms with Crippen LogP contribution < -0.4 is 0 Å². The van der Waals surface area contributed by atoms with Crippen LogP contribution in [0.1, 0.15) is 41.6 Å². The van der Waals surface area contributed by atoms with Gasteiger partial charge in [0.2, 0.25) is 0 Å². The molecule has 15 heavy (non-hydrogen) atoms. The fraction of sp³-hybridized carbons (Fsp3) is 0.400. The van der Waals surface area contributed by atoms with Gasteiger partial charge in [-0.1, -0.05) is 13.8 Å². The highest BCUT2D eigenvalue weighted by atomic mass is 32.1. The molecule has 2 aromatic rings. The zero-order chi connectivity index (χ0) is 11.0. The van der Waals surface area contributed by atoms with Crippen molar-refractivity contribution < 1.29 is 9.90 Å². The lowest BCUT2D eigenvalue weighted by molar-refractivity contribution is 0.0688. The highest BCUT2D eigenvalue weighted by Crippen LogP contribution is 2.31. The Morgan fingerprint density at radius 1 is 1.73 bits per heavy atom. The summed E-state index contributed by atoms with van der Waals surface area (Å²) in [6.45, 7) is 4.11. The number of carboxylic acids is 1. The fourth-order valence-corrected chi connectivity index (χ4v) is 2.76. The number of hydrogen-bond donors (Lipinski definition) is 1. The molecule has 0 saturated carbocycles. The minimum atomic E-state index is -0.880. The molecule has 0 unspecified atom stereocenters. The third kappa shape index (κ3) is 1.52. The van der Waals surface area contributed by atoms with Gasteiger partial charge in [-0.2, -0.15) is 0 Å². The molecule has 2 heterocycles. The van der Waals surface area contributed by atoms with E-state index in [1.807, 2.05) is 6.92 Å². The van der Waals surface area contributed by atoms with Crippen LogP contribution >= 0.6 is 11.3 Å². The van der Waals surface area contributed by atoms with Gasteiger partial charge in [0.1, 0.15) is 16.9 Å². The molecule has 2 aromatic heterocycles. The molecule has 1 atom stereocenters. The lowest BCUT2D eigenvalue weighted by Crippen LogP contribution is -2.05. The molecule has 5 heteroatoms. The molecule has 0 aromatic carbocycles. The SMILES string of the molecule is CC[C@H](C)c1sc2cncn2c1C(=O)O. The Morgan fingerprint density at radius 3 is 3.07 bits per heavy atom. The summed E-state index contributed by atoms with van der Waals surface area (Å²) in [4.78, 5) is 16.9. The summed E-state index contributed by atoms with van der Waals surface area (Å²) in [6.07, 6.45) is 4.20. The van der Waals surface area contributed by atoms with Crippen molar-refractivity contribution in [2.45, 2.75) is 26.2 Å². The number of aromatic nitrogens is 2. The molecule has 1 N–H and O–H groups in total. The maximum atomic E-state index is 11.2. The minimum Gasteiger partial charge on any atom is -0.477 e. The van der Waals surface area contributed by atoms with E-state index in [1.54, 1.807) is 16.9 Å². The average molecular weight is 224 g/mol. The summed E-state index contributed by atoms with van der Waals surface area (Å²) in [5.41, 5.74) is 0.363. The number of carbonyl (C=O) groups is 1. The normalized spacial score (nSPS) is 13.2. The van der Waals surface area contributed by atoms with E-state index >= 15 is 0 Å². The number of carboxylic acid groups (broad SMARTS) is 1. The molecular formula is C10H12N2O2S. The largest absolute Gasteiger partial charge is 0.477 e. The van der Waals surface area contributed by atoms with E-state index in [0.29, 0.717) is 5.69 Å². The van der Waals surface area contributed by atoms with Crippen LogP contribution in [0.2, 0.25) is 0 Å². The molecule has 2 rings (SSSR count). The molecule has 4 nitrogen and oxygen atoms in total. The Hall–Kier alpha value is -1.36. The van der Waals surface area contributed by atoms with E-state index in [0.717, 1.165) is 16.1 Å². The molecule has 0 spiro atoms. The Labute approximate surface area is 91.2 Å². The number of imidazole rings is 1. The zero-order valence-electron chi connectivity index (χ0n) is 8.60. The highest BCUT2D eigenvalue weighted by Gasteiger charge is 2.21. The van der Waals surface area contributed by atoms with Gasteiger partial charge in [-0.05, 0) is 12.3 Å². The van der Waals surface area contributed by atoms with Crippen LogP contribution in [-0.2, 0) is 0 Å². The number of nitrogens with zero attached hydrogens (tertiary/aromatic N) is 2. The smallest absolute Gasteiger partial charge is 0.354 e. The third-order valence-electron chi connectivity index (χ3n) is 2.56. The van der Waals surface area contributed by atoms with Crippen LogP contribution in [0.4, 0.5) is 0 Å². The van der Waals surface area contributed by atoms with Gasteiger partial charge in [0.05, 0.1) is 6.20 Å². The van der Waals surface area contributed by atoms with Gasteiger partial charge in [-0.25, -0.2) is 9.78 Å². The van der Waals surface area contributed by atoms with Gasteiger partial charge < -0.3 is 5.11 Å². The van der Waals surface area contributed by atoms with Crippen LogP contribution in [0.3, 0.4) is 0 Å². The van der Waals surface area contributed by atoms with Gasteiger partial charge in [-0.15, -0.1) is 11.3 Å². The van der Waals surface area contributed by atoms with Crippen molar-refractivity contribution in [2.24, 2.45) is 0 Å². The maximum absolute atomic E-state index is 11.2. The topological polar surface area (TPSA) is 54.6 Å². The lowest BCUT2D eigenvalue weighted by atomic mass is 10.1. The van der Waals surface area contributed by atoms with Crippen molar-refractivity contribution >= 4 is 22.1 Å². The molecule has 0 saturated heterocycles. The van der Waals surface area contributed by atoms with E-state index in [2.05, 4.69) is 11.9 Å². The van der Waals surface area contributed by atoms with Crippen LogP contribution in [0.15, 0.2) is 12.5 Å². The number of aromatic carboxylic acids is 1. The Balaban J connectivity index is 2.67. The summed E-state index contributed by atoms with van der Waals surface area (Å²) >= 11 is 1.51. The van der Waals surface area contributed by atoms with Crippen LogP contribution in [0.5, 0.6) is 0 Å². The van der Waals surface area contributed by atoms with Crippen molar-refractivity contribution in [1.29, 1.82) is 0 Å². The number of rotatable bonds is 3. The number of thiazole rings is 1. The summed E-state index contributed by atoms with van der Waals surface area (Å²) in [5.74, 6) is -0.601. The van der Waals surface area contributed by atoms with Gasteiger partial charge in [0.15, 0.2) is 0 Å². The highest BCUT2D eigenvalue weighted by molar-refractivity contribution is 7.17. The van der Waals surface area contributed by atoms with Crippen molar-refractivity contribution in [3.8, 4) is 0 Å². The first-order valence-electron chi connectivity index (χ1n) is 4.83. The Kier molecular flexibility index (Phi) is 2.48. The lowest BCUT2D eigenvalue weighted by Gasteiger charge is -2.06. The predicted octanol–water partition coefficient (Wildman–Crippen LogP) is 2.61. The first kappa shape index (κ1) is 10.2. The summed E-state index contributed by atoms with van der Waals surface area (Å²) in [5, 5.41) is 9.17. The van der Waals surface area contributed by atoms with E-state index in [4.69, 9.17) is 0 Å². The molecule has 0 amide bonds. The fourth-order valence-electron chi connectivity index (χ4n) is 1.53. The van der Waals surface area contributed by atoms with Gasteiger partial charge >= 0.3 is 5.97 Å². The van der Waals surface area contributed by atoms with Gasteiger partial charge in [-0.3, -0.25) is 4.40 Å². The molecule has 0 radical (unpaired) electrons. The molecule has 0 aliphatic rings. The van der Waals surface area contributed by atoms with E-state index in [-0.39, 0.29) is 5.92 Å². The molecular weight excluding hydrogens is 212 g/mol. The van der Waals surface area contributed by atoms with Crippen molar-refractivity contribution in [3.05, 3.63) is 23.1 Å². The second-order valence-corrected chi connectivity index (χ2v) is 4.59. The molecule has 0 aliphatic heterocycles. The minimum absolute atomic E-state index is 0.279. The summed E-state index contributed by atoms with van der Waals surface area (Å²) in [7, 11) is 0. The van der Waals surface area contributed by atoms with Gasteiger partial charge in [0, 0.05) is 4.88 Å². The number of fused-ring (bicyclic) bond motifs is 1. The van der Waals surface area contributed by atoms with Crippen molar-refractivity contribution in [1.82, 2.24) is 9.38 Å². The Bertz CT molecular complexity index is 500. The molecule has 80 valence electrons. The standard InChI is InChI=1S/C10H12N2O2S/c1-3-6(2)9-8(10(13)14)12-5-11-4-7(12)15-9/h4-6H,3H2,1-2H3,(H,13,14)/t6-/m0/s1. The monoisotopic (exact) mass is 224 g/mol. The summed E-state index contributed by atoms with van der Waals surface area (Å²) in [6, 6.07) is 0. The average Bonchev–Trinajstić information content (AvgIpc) is 2.73. The van der Waals surface area contributed by atoms with Crippen LogP contribution in [0, 0.1) is 0 Å². The third-order valence-corrected chi connectivity index (χ3v) is 3.88. The first-order valence-corrected chi connectivity index (χ1v) is 5.64. The molecule has 0 bridgehead atoms.